The lowest BCUT2D eigenvalue weighted by Gasteiger charge is -2.36. The van der Waals surface area contributed by atoms with Gasteiger partial charge in [-0.05, 0) is 56.0 Å². The quantitative estimate of drug-likeness (QED) is 0.561. The summed E-state index contributed by atoms with van der Waals surface area (Å²) in [6, 6.07) is 2.98. The molecule has 3 rings (SSSR count). The highest BCUT2D eigenvalue weighted by molar-refractivity contribution is 5.90. The zero-order valence-electron chi connectivity index (χ0n) is 18.8. The van der Waals surface area contributed by atoms with Crippen molar-refractivity contribution < 1.29 is 19.1 Å². The molecule has 31 heavy (non-hydrogen) atoms. The summed E-state index contributed by atoms with van der Waals surface area (Å²) >= 11 is 0. The van der Waals surface area contributed by atoms with Crippen molar-refractivity contribution in [2.75, 3.05) is 13.6 Å². The molecule has 1 unspecified atom stereocenters. The number of benzene rings is 1. The summed E-state index contributed by atoms with van der Waals surface area (Å²) in [5, 5.41) is 17.3. The third-order valence-electron chi connectivity index (χ3n) is 6.18. The van der Waals surface area contributed by atoms with Crippen molar-refractivity contribution in [2.24, 2.45) is 5.41 Å². The van der Waals surface area contributed by atoms with Crippen molar-refractivity contribution in [2.45, 2.75) is 64.8 Å². The van der Waals surface area contributed by atoms with Gasteiger partial charge < -0.3 is 25.6 Å². The highest BCUT2D eigenvalue weighted by Crippen LogP contribution is 2.29. The Balaban J connectivity index is 1.84. The number of aliphatic hydroxyl groups excluding tert-OH is 1. The summed E-state index contributed by atoms with van der Waals surface area (Å²) in [6.45, 7) is 7.90. The molecule has 7 nitrogen and oxygen atoms in total. The second kappa shape index (κ2) is 8.96. The van der Waals surface area contributed by atoms with Crippen LogP contribution in [0.4, 0.5) is 4.39 Å². The third kappa shape index (κ3) is 4.91. The summed E-state index contributed by atoms with van der Waals surface area (Å²) in [7, 11) is 1.69. The van der Waals surface area contributed by atoms with Crippen molar-refractivity contribution in [3.8, 4) is 0 Å². The molecule has 1 saturated heterocycles. The number of aromatic amines is 1. The fourth-order valence-electron chi connectivity index (χ4n) is 4.12. The predicted octanol–water partition coefficient (Wildman–Crippen LogP) is 1.95. The molecule has 170 valence electrons. The first-order chi connectivity index (χ1) is 14.5. The Hall–Kier alpha value is -2.45. The second-order valence-electron chi connectivity index (χ2n) is 9.48. The van der Waals surface area contributed by atoms with Crippen molar-refractivity contribution in [1.29, 1.82) is 0 Å². The van der Waals surface area contributed by atoms with Crippen molar-refractivity contribution in [1.82, 2.24) is 20.5 Å². The van der Waals surface area contributed by atoms with E-state index in [1.807, 2.05) is 20.8 Å². The molecule has 0 aliphatic carbocycles. The molecule has 1 fully saturated rings. The van der Waals surface area contributed by atoms with Gasteiger partial charge in [0, 0.05) is 23.6 Å². The van der Waals surface area contributed by atoms with E-state index in [1.165, 1.54) is 12.1 Å². The molecule has 0 spiro atoms. The van der Waals surface area contributed by atoms with E-state index in [0.717, 1.165) is 10.9 Å². The summed E-state index contributed by atoms with van der Waals surface area (Å²) < 4.78 is 13.5. The monoisotopic (exact) mass is 432 g/mol. The van der Waals surface area contributed by atoms with E-state index in [9.17, 15) is 19.1 Å². The van der Waals surface area contributed by atoms with Gasteiger partial charge in [-0.2, -0.15) is 0 Å². The van der Waals surface area contributed by atoms with Gasteiger partial charge in [0.15, 0.2) is 0 Å². The maximum atomic E-state index is 13.6. The minimum absolute atomic E-state index is 0.198. The Labute approximate surface area is 182 Å². The molecule has 4 atom stereocenters. The van der Waals surface area contributed by atoms with Crippen molar-refractivity contribution >= 4 is 22.7 Å². The number of nitrogens with one attached hydrogen (secondary N) is 3. The fourth-order valence-corrected chi connectivity index (χ4v) is 4.12. The molecule has 8 heteroatoms. The number of aromatic nitrogens is 1. The lowest BCUT2D eigenvalue weighted by molar-refractivity contribution is -0.141. The minimum Gasteiger partial charge on any atom is -0.391 e. The molecule has 1 aliphatic rings. The molecule has 2 heterocycles. The summed E-state index contributed by atoms with van der Waals surface area (Å²) in [6.07, 6.45) is 2.05. The number of carbonyl (C=O) groups is 2. The number of nitrogens with zero attached hydrogens (tertiary/aromatic N) is 1. The number of hydrogen-bond donors (Lipinski definition) is 4. The van der Waals surface area contributed by atoms with Crippen LogP contribution in [0.3, 0.4) is 0 Å². The van der Waals surface area contributed by atoms with Crippen molar-refractivity contribution in [3.05, 3.63) is 35.8 Å². The van der Waals surface area contributed by atoms with E-state index < -0.39 is 29.6 Å². The van der Waals surface area contributed by atoms with Crippen LogP contribution in [0.1, 0.15) is 39.7 Å². The maximum absolute atomic E-state index is 13.6. The van der Waals surface area contributed by atoms with E-state index in [-0.39, 0.29) is 17.6 Å². The van der Waals surface area contributed by atoms with E-state index in [0.29, 0.717) is 24.9 Å². The first-order valence-electron chi connectivity index (χ1n) is 10.7. The Kier molecular flexibility index (Phi) is 6.71. The lowest BCUT2D eigenvalue weighted by Crippen LogP contribution is -2.58. The average molecular weight is 433 g/mol. The minimum atomic E-state index is -0.722. The molecule has 2 aromatic rings. The van der Waals surface area contributed by atoms with Gasteiger partial charge in [-0.1, -0.05) is 20.8 Å². The van der Waals surface area contributed by atoms with Gasteiger partial charge in [-0.3, -0.25) is 9.59 Å². The third-order valence-corrected chi connectivity index (χ3v) is 6.18. The standard InChI is InChI=1S/C23H33FN4O3/c1-13(25-5)21(30)27-20(23(2,3)4)22(31)28-9-8-19(29)18(28)10-14-12-26-17-11-15(24)6-7-16(14)17/h6-7,11-13,18-20,25-26,29H,8-10H2,1-5H3,(H,27,30)/t13-,18-,19?,20+/m0/s1. The van der Waals surface area contributed by atoms with Gasteiger partial charge in [-0.15, -0.1) is 0 Å². The average Bonchev–Trinajstić information content (AvgIpc) is 3.27. The topological polar surface area (TPSA) is 97.5 Å². The predicted molar refractivity (Wildman–Crippen MR) is 118 cm³/mol. The number of fused-ring (bicyclic) bond motifs is 1. The molecule has 0 radical (unpaired) electrons. The lowest BCUT2D eigenvalue weighted by atomic mass is 9.85. The molecule has 1 aromatic heterocycles. The fraction of sp³-hybridized carbons (Fsp3) is 0.565. The van der Waals surface area contributed by atoms with Crippen LogP contribution in [0, 0.1) is 11.2 Å². The maximum Gasteiger partial charge on any atom is 0.246 e. The number of hydrogen-bond acceptors (Lipinski definition) is 4. The van der Waals surface area contributed by atoms with Crippen LogP contribution in [0.2, 0.25) is 0 Å². The number of aliphatic hydroxyl groups is 1. The van der Waals surface area contributed by atoms with Crippen LogP contribution in [0.25, 0.3) is 10.9 Å². The summed E-state index contributed by atoms with van der Waals surface area (Å²) in [5.74, 6) is -0.763. The Morgan fingerprint density at radius 3 is 2.71 bits per heavy atom. The van der Waals surface area contributed by atoms with Crippen LogP contribution < -0.4 is 10.6 Å². The van der Waals surface area contributed by atoms with Crippen LogP contribution in [-0.4, -0.2) is 64.6 Å². The number of amides is 2. The normalized spacial score (nSPS) is 21.3. The van der Waals surface area contributed by atoms with E-state index >= 15 is 0 Å². The molecule has 2 amide bonds. The summed E-state index contributed by atoms with van der Waals surface area (Å²) in [4.78, 5) is 30.8. The molecule has 0 bridgehead atoms. The van der Waals surface area contributed by atoms with Crippen molar-refractivity contribution in [3.63, 3.8) is 0 Å². The van der Waals surface area contributed by atoms with E-state index in [4.69, 9.17) is 0 Å². The molecule has 1 aliphatic heterocycles. The van der Waals surface area contributed by atoms with E-state index in [2.05, 4.69) is 15.6 Å². The van der Waals surface area contributed by atoms with E-state index in [1.54, 1.807) is 31.1 Å². The summed E-state index contributed by atoms with van der Waals surface area (Å²) in [5.41, 5.74) is 1.09. The first kappa shape index (κ1) is 23.2. The van der Waals surface area contributed by atoms with Gasteiger partial charge in [0.2, 0.25) is 11.8 Å². The number of rotatable bonds is 6. The van der Waals surface area contributed by atoms with Crippen LogP contribution in [0.15, 0.2) is 24.4 Å². The highest BCUT2D eigenvalue weighted by atomic mass is 19.1. The molecule has 0 saturated carbocycles. The molecule has 4 N–H and O–H groups in total. The zero-order valence-corrected chi connectivity index (χ0v) is 18.8. The van der Waals surface area contributed by atoms with Gasteiger partial charge in [0.05, 0.1) is 18.2 Å². The number of halogens is 1. The van der Waals surface area contributed by atoms with Crippen LogP contribution in [0.5, 0.6) is 0 Å². The second-order valence-corrected chi connectivity index (χ2v) is 9.48. The first-order valence-corrected chi connectivity index (χ1v) is 10.7. The largest absolute Gasteiger partial charge is 0.391 e. The highest BCUT2D eigenvalue weighted by Gasteiger charge is 2.43. The van der Waals surface area contributed by atoms with Gasteiger partial charge in [-0.25, -0.2) is 4.39 Å². The SMILES string of the molecule is CN[C@@H](C)C(=O)N[C@H](C(=O)N1CCC(O)[C@@H]1Cc1c[nH]c2cc(F)ccc12)C(C)(C)C. The smallest absolute Gasteiger partial charge is 0.246 e. The zero-order chi connectivity index (χ0) is 22.9. The molecule has 1 aromatic carbocycles. The van der Waals surface area contributed by atoms with Gasteiger partial charge in [0.1, 0.15) is 11.9 Å². The van der Waals surface area contributed by atoms with Crippen LogP contribution in [-0.2, 0) is 16.0 Å². The Morgan fingerprint density at radius 1 is 1.35 bits per heavy atom. The number of H-pyrrole nitrogens is 1. The van der Waals surface area contributed by atoms with Gasteiger partial charge >= 0.3 is 0 Å². The van der Waals surface area contributed by atoms with Gasteiger partial charge in [0.25, 0.3) is 0 Å². The molecular weight excluding hydrogens is 399 g/mol. The van der Waals surface area contributed by atoms with Crippen LogP contribution >= 0.6 is 0 Å². The number of likely N-dealkylation sites (N-methyl/N-ethyl adjacent to an activating group) is 1. The Morgan fingerprint density at radius 2 is 2.06 bits per heavy atom. The number of carbonyl (C=O) groups excluding carboxylic acids is 2. The molecular formula is C23H33FN4O3. The number of likely N-dealkylation sites (tertiary alicyclic amines) is 1. The Bertz CT molecular complexity index is 952.